The first-order valence-electron chi connectivity index (χ1n) is 8.22. The lowest BCUT2D eigenvalue weighted by molar-refractivity contribution is 0.206. The summed E-state index contributed by atoms with van der Waals surface area (Å²) in [7, 11) is 0. The van der Waals surface area contributed by atoms with E-state index in [1.54, 1.807) is 6.20 Å². The van der Waals surface area contributed by atoms with E-state index < -0.39 is 23.7 Å². The van der Waals surface area contributed by atoms with E-state index >= 15 is 0 Å². The van der Waals surface area contributed by atoms with Crippen LogP contribution in [-0.2, 0) is 6.54 Å². The van der Waals surface area contributed by atoms with Gasteiger partial charge in [-0.2, -0.15) is 0 Å². The lowest BCUT2D eigenvalue weighted by Crippen LogP contribution is -2.35. The van der Waals surface area contributed by atoms with Crippen molar-refractivity contribution in [1.82, 2.24) is 9.47 Å². The van der Waals surface area contributed by atoms with Gasteiger partial charge in [-0.05, 0) is 44.0 Å². The maximum atomic E-state index is 14.1. The molecule has 5 nitrogen and oxygen atoms in total. The second-order valence-electron chi connectivity index (χ2n) is 5.99. The molecule has 2 heterocycles. The topological polar surface area (TPSA) is 54.3 Å². The molecule has 0 spiro atoms. The molecule has 2 amide bonds. The summed E-state index contributed by atoms with van der Waals surface area (Å²) in [5.74, 6) is -1.05. The number of anilines is 1. The number of aryl methyl sites for hydroxylation is 1. The van der Waals surface area contributed by atoms with E-state index in [9.17, 15) is 18.4 Å². The summed E-state index contributed by atoms with van der Waals surface area (Å²) in [6, 6.07) is 5.29. The number of nitrogens with one attached hydrogen (secondary N) is 1. The highest BCUT2D eigenvalue weighted by atomic mass is 19.1. The van der Waals surface area contributed by atoms with Gasteiger partial charge >= 0.3 is 6.03 Å². The van der Waals surface area contributed by atoms with Crippen molar-refractivity contribution in [3.05, 3.63) is 64.1 Å². The summed E-state index contributed by atoms with van der Waals surface area (Å²) in [5.41, 5.74) is 0.518. The predicted octanol–water partition coefficient (Wildman–Crippen LogP) is 3.52. The average molecular weight is 347 g/mol. The molecule has 1 atom stereocenters. The van der Waals surface area contributed by atoms with Crippen molar-refractivity contribution < 1.29 is 13.6 Å². The molecule has 1 aromatic carbocycles. The van der Waals surface area contributed by atoms with Crippen molar-refractivity contribution in [2.75, 3.05) is 11.9 Å². The van der Waals surface area contributed by atoms with Crippen molar-refractivity contribution in [2.24, 2.45) is 0 Å². The maximum absolute atomic E-state index is 14.1. The van der Waals surface area contributed by atoms with Gasteiger partial charge in [-0.15, -0.1) is 0 Å². The Morgan fingerprint density at radius 1 is 1.28 bits per heavy atom. The Morgan fingerprint density at radius 3 is 2.84 bits per heavy atom. The molecule has 0 aliphatic carbocycles. The van der Waals surface area contributed by atoms with Gasteiger partial charge in [0.1, 0.15) is 11.6 Å². The highest BCUT2D eigenvalue weighted by Gasteiger charge is 2.32. The quantitative estimate of drug-likeness (QED) is 0.924. The van der Waals surface area contributed by atoms with Crippen molar-refractivity contribution in [3.63, 3.8) is 0 Å². The number of aromatic nitrogens is 1. The van der Waals surface area contributed by atoms with Gasteiger partial charge in [-0.25, -0.2) is 13.6 Å². The molecule has 2 aromatic rings. The Morgan fingerprint density at radius 2 is 2.08 bits per heavy atom. The number of nitrogens with zero attached hydrogens (tertiary/aromatic N) is 2. The van der Waals surface area contributed by atoms with Crippen molar-refractivity contribution in [3.8, 4) is 0 Å². The van der Waals surface area contributed by atoms with Crippen molar-refractivity contribution in [2.45, 2.75) is 32.4 Å². The van der Waals surface area contributed by atoms with E-state index in [1.807, 2.05) is 6.92 Å². The molecule has 0 radical (unpaired) electrons. The number of carbonyl (C=O) groups is 1. The summed E-state index contributed by atoms with van der Waals surface area (Å²) in [6.07, 6.45) is 2.85. The molecule has 1 fully saturated rings. The van der Waals surface area contributed by atoms with E-state index in [-0.39, 0.29) is 11.1 Å². The number of amides is 2. The molecule has 1 unspecified atom stereocenters. The molecule has 1 aliphatic rings. The molecule has 1 saturated heterocycles. The number of halogens is 2. The highest BCUT2D eigenvalue weighted by molar-refractivity contribution is 5.89. The van der Waals surface area contributed by atoms with E-state index in [0.29, 0.717) is 31.6 Å². The molecule has 1 N–H and O–H groups in total. The van der Waals surface area contributed by atoms with Crippen LogP contribution < -0.4 is 10.9 Å². The standard InChI is InChI=1S/C18H19F2N3O2/c1-2-22-11-13(6-8-17(22)24)21-18(25)23-9-3-4-16(23)14-10-12(19)5-7-15(14)20/h5-8,10-11,16H,2-4,9H2,1H3,(H,21,25). The number of benzene rings is 1. The third-order valence-corrected chi connectivity index (χ3v) is 4.41. The molecule has 1 aliphatic heterocycles. The van der Waals surface area contributed by atoms with Crippen LogP contribution in [0.3, 0.4) is 0 Å². The summed E-state index contributed by atoms with van der Waals surface area (Å²) in [5, 5.41) is 2.73. The highest BCUT2D eigenvalue weighted by Crippen LogP contribution is 2.34. The van der Waals surface area contributed by atoms with Crippen LogP contribution in [0.2, 0.25) is 0 Å². The first-order chi connectivity index (χ1) is 12.0. The van der Waals surface area contributed by atoms with Crippen LogP contribution in [0.4, 0.5) is 19.3 Å². The van der Waals surface area contributed by atoms with Crippen molar-refractivity contribution >= 4 is 11.7 Å². The second kappa shape index (κ2) is 7.04. The number of urea groups is 1. The van der Waals surface area contributed by atoms with Crippen LogP contribution in [0.5, 0.6) is 0 Å². The first kappa shape index (κ1) is 17.1. The normalized spacial score (nSPS) is 16.9. The van der Waals surface area contributed by atoms with Crippen LogP contribution in [0.25, 0.3) is 0 Å². The number of carbonyl (C=O) groups excluding carboxylic acids is 1. The van der Waals surface area contributed by atoms with E-state index in [0.717, 1.165) is 18.2 Å². The van der Waals surface area contributed by atoms with Crippen LogP contribution in [0, 0.1) is 11.6 Å². The van der Waals surface area contributed by atoms with E-state index in [4.69, 9.17) is 0 Å². The number of pyridine rings is 1. The summed E-state index contributed by atoms with van der Waals surface area (Å²) in [6.45, 7) is 2.78. The molecular formula is C18H19F2N3O2. The van der Waals surface area contributed by atoms with E-state index in [1.165, 1.54) is 21.6 Å². The summed E-state index contributed by atoms with van der Waals surface area (Å²) >= 11 is 0. The van der Waals surface area contributed by atoms with Gasteiger partial charge in [0.15, 0.2) is 0 Å². The summed E-state index contributed by atoms with van der Waals surface area (Å²) in [4.78, 5) is 25.7. The Bertz CT molecular complexity index is 850. The monoisotopic (exact) mass is 347 g/mol. The van der Waals surface area contributed by atoms with Crippen LogP contribution >= 0.6 is 0 Å². The molecule has 132 valence electrons. The third-order valence-electron chi connectivity index (χ3n) is 4.41. The van der Waals surface area contributed by atoms with Gasteiger partial charge < -0.3 is 14.8 Å². The second-order valence-corrected chi connectivity index (χ2v) is 5.99. The molecular weight excluding hydrogens is 328 g/mol. The lowest BCUT2D eigenvalue weighted by Gasteiger charge is -2.25. The minimum Gasteiger partial charge on any atom is -0.317 e. The Balaban J connectivity index is 1.81. The Kier molecular flexibility index (Phi) is 4.83. The molecule has 3 rings (SSSR count). The lowest BCUT2D eigenvalue weighted by atomic mass is 10.0. The van der Waals surface area contributed by atoms with Gasteiger partial charge in [-0.1, -0.05) is 0 Å². The first-order valence-corrected chi connectivity index (χ1v) is 8.22. The molecule has 7 heteroatoms. The summed E-state index contributed by atoms with van der Waals surface area (Å²) < 4.78 is 29.0. The average Bonchev–Trinajstić information content (AvgIpc) is 3.08. The predicted molar refractivity (Wildman–Crippen MR) is 90.4 cm³/mol. The Labute approximate surface area is 143 Å². The SMILES string of the molecule is CCn1cc(NC(=O)N2CCCC2c2cc(F)ccc2F)ccc1=O. The van der Waals surface area contributed by atoms with E-state index in [2.05, 4.69) is 5.32 Å². The van der Waals surface area contributed by atoms with Crippen LogP contribution in [0.15, 0.2) is 41.3 Å². The fraction of sp³-hybridized carbons (Fsp3) is 0.333. The molecule has 0 saturated carbocycles. The fourth-order valence-electron chi connectivity index (χ4n) is 3.15. The van der Waals surface area contributed by atoms with Gasteiger partial charge in [0.05, 0.1) is 11.7 Å². The number of hydrogen-bond donors (Lipinski definition) is 1. The van der Waals surface area contributed by atoms with Gasteiger partial charge in [0.2, 0.25) is 0 Å². The number of rotatable bonds is 3. The maximum Gasteiger partial charge on any atom is 0.322 e. The molecule has 0 bridgehead atoms. The smallest absolute Gasteiger partial charge is 0.317 e. The van der Waals surface area contributed by atoms with Crippen molar-refractivity contribution in [1.29, 1.82) is 0 Å². The minimum absolute atomic E-state index is 0.152. The number of likely N-dealkylation sites (tertiary alicyclic amines) is 1. The molecule has 25 heavy (non-hydrogen) atoms. The van der Waals surface area contributed by atoms with Crippen LogP contribution in [0.1, 0.15) is 31.4 Å². The van der Waals surface area contributed by atoms with Gasteiger partial charge in [-0.3, -0.25) is 4.79 Å². The zero-order valence-electron chi connectivity index (χ0n) is 13.8. The zero-order valence-corrected chi connectivity index (χ0v) is 13.8. The molecule has 1 aromatic heterocycles. The Hall–Kier alpha value is -2.70. The third kappa shape index (κ3) is 3.55. The van der Waals surface area contributed by atoms with Crippen LogP contribution in [-0.4, -0.2) is 22.0 Å². The van der Waals surface area contributed by atoms with Gasteiger partial charge in [0, 0.05) is 30.9 Å². The minimum atomic E-state index is -0.529. The van der Waals surface area contributed by atoms with Gasteiger partial charge in [0.25, 0.3) is 5.56 Å². The zero-order chi connectivity index (χ0) is 18.0. The number of hydrogen-bond acceptors (Lipinski definition) is 2. The fourth-order valence-corrected chi connectivity index (χ4v) is 3.15. The largest absolute Gasteiger partial charge is 0.322 e.